The minimum absolute atomic E-state index is 0.126. The zero-order chi connectivity index (χ0) is 22.8. The maximum atomic E-state index is 12.0. The zero-order valence-corrected chi connectivity index (χ0v) is 18.6. The molecule has 1 aromatic heterocycles. The van der Waals surface area contributed by atoms with Gasteiger partial charge in [0.15, 0.2) is 0 Å². The molecule has 0 bridgehead atoms. The normalized spacial score (nSPS) is 14.4. The highest BCUT2D eigenvalue weighted by molar-refractivity contribution is 5.82. The molecule has 0 saturated carbocycles. The number of piperidine rings is 1. The molecule has 1 saturated heterocycles. The van der Waals surface area contributed by atoms with Gasteiger partial charge < -0.3 is 9.88 Å². The third-order valence-electron chi connectivity index (χ3n) is 6.38. The summed E-state index contributed by atoms with van der Waals surface area (Å²) >= 11 is 0. The fourth-order valence-corrected chi connectivity index (χ4v) is 4.46. The van der Waals surface area contributed by atoms with Crippen LogP contribution < -0.4 is 4.90 Å². The van der Waals surface area contributed by atoms with Gasteiger partial charge in [0.05, 0.1) is 16.3 Å². The van der Waals surface area contributed by atoms with Crippen molar-refractivity contribution in [3.8, 4) is 33.9 Å². The Labute approximate surface area is 193 Å². The van der Waals surface area contributed by atoms with Crippen LogP contribution in [0.15, 0.2) is 78.9 Å². The Kier molecular flexibility index (Phi) is 5.65. The maximum absolute atomic E-state index is 12.0. The fraction of sp³-hybridized carbons (Fsp3) is 0.222. The van der Waals surface area contributed by atoms with Crippen molar-refractivity contribution in [2.75, 3.05) is 18.0 Å². The number of rotatable bonds is 5. The van der Waals surface area contributed by atoms with Crippen molar-refractivity contribution >= 4 is 11.4 Å². The van der Waals surface area contributed by atoms with Gasteiger partial charge in [-0.15, -0.1) is 0 Å². The Morgan fingerprint density at radius 3 is 2.18 bits per heavy atom. The van der Waals surface area contributed by atoms with Gasteiger partial charge in [0.25, 0.3) is 5.69 Å². The van der Waals surface area contributed by atoms with Gasteiger partial charge in [-0.1, -0.05) is 67.6 Å². The molecule has 1 N–H and O–H groups in total. The number of nitrogens with zero attached hydrogens (tertiary/aromatic N) is 3. The topological polar surface area (TPSA) is 75.1 Å². The molecule has 1 aliphatic rings. The van der Waals surface area contributed by atoms with E-state index in [1.807, 2.05) is 72.8 Å². The molecule has 2 heterocycles. The van der Waals surface area contributed by atoms with Crippen molar-refractivity contribution in [2.45, 2.75) is 19.8 Å². The van der Waals surface area contributed by atoms with E-state index in [4.69, 9.17) is 4.98 Å². The standard InChI is InChI=1S/C27H26N4O2/c1-19-14-16-30(17-15-19)23-13-12-22(18-24(23)31(32)33)27-28-25(20-8-4-2-5-9-20)26(29-27)21-10-6-3-7-11-21/h2-13,18-19H,14-17H2,1H3,(H,28,29). The predicted octanol–water partition coefficient (Wildman–Crippen LogP) is 6.56. The van der Waals surface area contributed by atoms with E-state index in [1.54, 1.807) is 6.07 Å². The van der Waals surface area contributed by atoms with Gasteiger partial charge in [-0.2, -0.15) is 0 Å². The van der Waals surface area contributed by atoms with E-state index in [1.165, 1.54) is 0 Å². The lowest BCUT2D eigenvalue weighted by Gasteiger charge is -2.31. The van der Waals surface area contributed by atoms with Crippen LogP contribution in [0.3, 0.4) is 0 Å². The quantitative estimate of drug-likeness (QED) is 0.283. The number of H-pyrrole nitrogens is 1. The summed E-state index contributed by atoms with van der Waals surface area (Å²) in [6, 6.07) is 25.5. The van der Waals surface area contributed by atoms with Crippen LogP contribution in [0.1, 0.15) is 19.8 Å². The molecule has 5 rings (SSSR count). The van der Waals surface area contributed by atoms with Crippen molar-refractivity contribution in [1.29, 1.82) is 0 Å². The number of imidazole rings is 1. The van der Waals surface area contributed by atoms with Crippen LogP contribution in [0.25, 0.3) is 33.9 Å². The first-order valence-electron chi connectivity index (χ1n) is 11.3. The summed E-state index contributed by atoms with van der Waals surface area (Å²) < 4.78 is 0. The Morgan fingerprint density at radius 1 is 0.909 bits per heavy atom. The molecule has 166 valence electrons. The Bertz CT molecular complexity index is 1200. The SMILES string of the molecule is CC1CCN(c2ccc(-c3nc(-c4ccccc4)c(-c4ccccc4)[nH]3)cc2[N+](=O)[O-])CC1. The average molecular weight is 439 g/mol. The number of nitro benzene ring substituents is 1. The van der Waals surface area contributed by atoms with Gasteiger partial charge in [-0.25, -0.2) is 4.98 Å². The molecule has 1 aliphatic heterocycles. The molecule has 3 aromatic carbocycles. The summed E-state index contributed by atoms with van der Waals surface area (Å²) in [7, 11) is 0. The molecule has 6 nitrogen and oxygen atoms in total. The predicted molar refractivity (Wildman–Crippen MR) is 132 cm³/mol. The number of hydrogen-bond donors (Lipinski definition) is 1. The van der Waals surface area contributed by atoms with Crippen LogP contribution in [-0.4, -0.2) is 28.0 Å². The van der Waals surface area contributed by atoms with E-state index in [0.29, 0.717) is 23.0 Å². The van der Waals surface area contributed by atoms with Crippen molar-refractivity contribution in [3.63, 3.8) is 0 Å². The lowest BCUT2D eigenvalue weighted by Crippen LogP contribution is -2.33. The Balaban J connectivity index is 1.59. The highest BCUT2D eigenvalue weighted by Crippen LogP contribution is 2.37. The molecule has 0 spiro atoms. The number of hydrogen-bond acceptors (Lipinski definition) is 4. The molecule has 33 heavy (non-hydrogen) atoms. The fourth-order valence-electron chi connectivity index (χ4n) is 4.46. The van der Waals surface area contributed by atoms with Crippen molar-refractivity contribution in [2.24, 2.45) is 5.92 Å². The lowest BCUT2D eigenvalue weighted by atomic mass is 9.98. The van der Waals surface area contributed by atoms with Gasteiger partial charge >= 0.3 is 0 Å². The van der Waals surface area contributed by atoms with Crippen LogP contribution in [0.2, 0.25) is 0 Å². The lowest BCUT2D eigenvalue weighted by molar-refractivity contribution is -0.384. The van der Waals surface area contributed by atoms with Crippen LogP contribution in [0.4, 0.5) is 11.4 Å². The minimum atomic E-state index is -0.282. The first kappa shape index (κ1) is 20.9. The summed E-state index contributed by atoms with van der Waals surface area (Å²) in [6.07, 6.45) is 2.11. The summed E-state index contributed by atoms with van der Waals surface area (Å²) in [5.74, 6) is 1.28. The Hall–Kier alpha value is -3.93. The van der Waals surface area contributed by atoms with Crippen molar-refractivity contribution < 1.29 is 4.92 Å². The van der Waals surface area contributed by atoms with E-state index < -0.39 is 0 Å². The van der Waals surface area contributed by atoms with E-state index in [2.05, 4.69) is 16.8 Å². The van der Waals surface area contributed by atoms with Crippen LogP contribution in [-0.2, 0) is 0 Å². The summed E-state index contributed by atoms with van der Waals surface area (Å²) in [6.45, 7) is 3.93. The van der Waals surface area contributed by atoms with Gasteiger partial charge in [0.1, 0.15) is 11.5 Å². The minimum Gasteiger partial charge on any atom is -0.366 e. The molecule has 1 fully saturated rings. The molecular weight excluding hydrogens is 412 g/mol. The number of aromatic amines is 1. The van der Waals surface area contributed by atoms with Gasteiger partial charge in [-0.05, 0) is 30.9 Å². The van der Waals surface area contributed by atoms with E-state index in [-0.39, 0.29) is 10.6 Å². The third-order valence-corrected chi connectivity index (χ3v) is 6.38. The maximum Gasteiger partial charge on any atom is 0.293 e. The highest BCUT2D eigenvalue weighted by atomic mass is 16.6. The molecule has 0 amide bonds. The van der Waals surface area contributed by atoms with Gasteiger partial charge in [0, 0.05) is 35.8 Å². The monoisotopic (exact) mass is 438 g/mol. The third kappa shape index (κ3) is 4.24. The summed E-state index contributed by atoms with van der Waals surface area (Å²) in [5.41, 5.74) is 5.25. The summed E-state index contributed by atoms with van der Waals surface area (Å²) in [5, 5.41) is 12.0. The molecule has 0 atom stereocenters. The number of anilines is 1. The smallest absolute Gasteiger partial charge is 0.293 e. The summed E-state index contributed by atoms with van der Waals surface area (Å²) in [4.78, 5) is 22.2. The van der Waals surface area contributed by atoms with Crippen molar-refractivity contribution in [1.82, 2.24) is 9.97 Å². The second-order valence-corrected chi connectivity index (χ2v) is 8.67. The first-order valence-corrected chi connectivity index (χ1v) is 11.3. The van der Waals surface area contributed by atoms with Crippen LogP contribution >= 0.6 is 0 Å². The van der Waals surface area contributed by atoms with Crippen LogP contribution in [0.5, 0.6) is 0 Å². The number of nitrogens with one attached hydrogen (secondary N) is 1. The van der Waals surface area contributed by atoms with E-state index >= 15 is 0 Å². The molecule has 0 aliphatic carbocycles. The van der Waals surface area contributed by atoms with Crippen LogP contribution in [0, 0.1) is 16.0 Å². The van der Waals surface area contributed by atoms with Gasteiger partial charge in [0.2, 0.25) is 0 Å². The second-order valence-electron chi connectivity index (χ2n) is 8.67. The molecule has 4 aromatic rings. The number of aromatic nitrogens is 2. The van der Waals surface area contributed by atoms with E-state index in [9.17, 15) is 10.1 Å². The first-order chi connectivity index (χ1) is 16.1. The number of benzene rings is 3. The van der Waals surface area contributed by atoms with Crippen molar-refractivity contribution in [3.05, 3.63) is 89.0 Å². The molecule has 0 radical (unpaired) electrons. The zero-order valence-electron chi connectivity index (χ0n) is 18.6. The molecular formula is C27H26N4O2. The largest absolute Gasteiger partial charge is 0.366 e. The second kappa shape index (κ2) is 8.90. The number of nitro groups is 1. The Morgan fingerprint density at radius 2 is 1.55 bits per heavy atom. The average Bonchev–Trinajstić information content (AvgIpc) is 3.31. The van der Waals surface area contributed by atoms with Gasteiger partial charge in [-0.3, -0.25) is 10.1 Å². The molecule has 6 heteroatoms. The molecule has 0 unspecified atom stereocenters. The highest BCUT2D eigenvalue weighted by Gasteiger charge is 2.25. The van der Waals surface area contributed by atoms with E-state index in [0.717, 1.165) is 48.4 Å².